The van der Waals surface area contributed by atoms with Gasteiger partial charge in [-0.1, -0.05) is 0 Å². The Labute approximate surface area is 136 Å². The van der Waals surface area contributed by atoms with Crippen molar-refractivity contribution in [3.05, 3.63) is 29.3 Å². The van der Waals surface area contributed by atoms with E-state index in [1.807, 2.05) is 13.1 Å². The molecule has 0 amide bonds. The lowest BCUT2D eigenvalue weighted by Crippen LogP contribution is -2.53. The number of piperazine rings is 1. The van der Waals surface area contributed by atoms with Crippen molar-refractivity contribution in [1.29, 1.82) is 5.26 Å². The summed E-state index contributed by atoms with van der Waals surface area (Å²) in [5, 5.41) is 9.48. The van der Waals surface area contributed by atoms with E-state index >= 15 is 0 Å². The van der Waals surface area contributed by atoms with Crippen molar-refractivity contribution in [2.24, 2.45) is 0 Å². The largest absolute Gasteiger partial charge is 0.294 e. The van der Waals surface area contributed by atoms with Crippen molar-refractivity contribution >= 4 is 5.78 Å². The summed E-state index contributed by atoms with van der Waals surface area (Å²) in [6.45, 7) is 7.74. The van der Waals surface area contributed by atoms with Crippen LogP contribution in [0.15, 0.2) is 12.3 Å². The normalized spacial score (nSPS) is 23.3. The van der Waals surface area contributed by atoms with E-state index in [1.54, 1.807) is 0 Å². The minimum atomic E-state index is 0.0249. The molecule has 23 heavy (non-hydrogen) atoms. The van der Waals surface area contributed by atoms with Crippen LogP contribution in [0, 0.1) is 25.2 Å². The van der Waals surface area contributed by atoms with Gasteiger partial charge in [0, 0.05) is 43.6 Å². The summed E-state index contributed by atoms with van der Waals surface area (Å²) in [5.74, 6) is 0.769. The Kier molecular flexibility index (Phi) is 3.55. The zero-order valence-electron chi connectivity index (χ0n) is 13.7. The fraction of sp³-hybridized carbons (Fsp3) is 0.588. The van der Waals surface area contributed by atoms with E-state index < -0.39 is 0 Å². The average Bonchev–Trinajstić information content (AvgIpc) is 3.29. The summed E-state index contributed by atoms with van der Waals surface area (Å²) in [7, 11) is 0. The predicted molar refractivity (Wildman–Crippen MR) is 86.9 cm³/mol. The number of rotatable bonds is 3. The number of hydrogen-bond donors (Lipinski definition) is 0. The van der Waals surface area contributed by atoms with Crippen molar-refractivity contribution < 1.29 is 0 Å². The fourth-order valence-electron chi connectivity index (χ4n) is 3.69. The van der Waals surface area contributed by atoms with Crippen LogP contribution < -0.4 is 0 Å². The van der Waals surface area contributed by atoms with Crippen molar-refractivity contribution in [3.63, 3.8) is 0 Å². The zero-order valence-corrected chi connectivity index (χ0v) is 13.7. The Morgan fingerprint density at radius 3 is 2.87 bits per heavy atom. The number of fused-ring (bicyclic) bond motifs is 1. The molecule has 1 unspecified atom stereocenters. The molecular formula is C17H22N6. The van der Waals surface area contributed by atoms with Gasteiger partial charge in [-0.15, -0.1) is 0 Å². The first-order valence-corrected chi connectivity index (χ1v) is 8.34. The zero-order chi connectivity index (χ0) is 16.0. The third-order valence-corrected chi connectivity index (χ3v) is 4.92. The highest BCUT2D eigenvalue weighted by atomic mass is 15.3. The molecule has 1 saturated heterocycles. The molecule has 3 heterocycles. The van der Waals surface area contributed by atoms with E-state index in [0.29, 0.717) is 6.04 Å². The fourth-order valence-corrected chi connectivity index (χ4v) is 3.69. The lowest BCUT2D eigenvalue weighted by Gasteiger charge is -2.38. The minimum absolute atomic E-state index is 0.0249. The van der Waals surface area contributed by atoms with E-state index in [0.717, 1.165) is 49.0 Å². The molecule has 6 heteroatoms. The summed E-state index contributed by atoms with van der Waals surface area (Å²) < 4.78 is 2.13. The molecule has 6 nitrogen and oxygen atoms in total. The lowest BCUT2D eigenvalue weighted by molar-refractivity contribution is 0.0888. The summed E-state index contributed by atoms with van der Waals surface area (Å²) in [4.78, 5) is 13.7. The van der Waals surface area contributed by atoms with Crippen LogP contribution >= 0.6 is 0 Å². The molecule has 0 aromatic carbocycles. The second-order valence-corrected chi connectivity index (χ2v) is 6.77. The summed E-state index contributed by atoms with van der Waals surface area (Å²) in [6.07, 6.45) is 4.44. The first-order valence-electron chi connectivity index (χ1n) is 8.34. The van der Waals surface area contributed by atoms with E-state index in [4.69, 9.17) is 0 Å². The molecule has 4 rings (SSSR count). The lowest BCUT2D eigenvalue weighted by atomic mass is 10.1. The van der Waals surface area contributed by atoms with Gasteiger partial charge in [0.05, 0.1) is 18.0 Å². The summed E-state index contributed by atoms with van der Waals surface area (Å²) in [5.41, 5.74) is 3.31. The third kappa shape index (κ3) is 2.71. The summed E-state index contributed by atoms with van der Waals surface area (Å²) >= 11 is 0. The number of imidazole rings is 1. The Morgan fingerprint density at radius 1 is 1.30 bits per heavy atom. The van der Waals surface area contributed by atoms with Crippen LogP contribution in [0.5, 0.6) is 0 Å². The van der Waals surface area contributed by atoms with E-state index in [-0.39, 0.29) is 6.04 Å². The smallest absolute Gasteiger partial charge is 0.234 e. The highest BCUT2D eigenvalue weighted by Gasteiger charge is 2.37. The number of aromatic nitrogens is 3. The molecule has 0 spiro atoms. The van der Waals surface area contributed by atoms with Crippen LogP contribution in [0.2, 0.25) is 0 Å². The van der Waals surface area contributed by atoms with Crippen LogP contribution in [0.3, 0.4) is 0 Å². The van der Waals surface area contributed by atoms with Crippen molar-refractivity contribution in [3.8, 4) is 6.07 Å². The molecule has 0 N–H and O–H groups in total. The van der Waals surface area contributed by atoms with Gasteiger partial charge in [-0.3, -0.25) is 14.2 Å². The molecule has 1 atom stereocenters. The Bertz CT molecular complexity index is 769. The Balaban J connectivity index is 1.53. The Hall–Kier alpha value is -1.97. The third-order valence-electron chi connectivity index (χ3n) is 4.92. The maximum Gasteiger partial charge on any atom is 0.234 e. The second kappa shape index (κ2) is 5.59. The quantitative estimate of drug-likeness (QED) is 0.860. The SMILES string of the molecule is Cc1cc(C)n2c(CN3CCN(C4CC4)C(C#N)C3)cnc2n1. The standard InChI is InChI=1S/C17H22N6/c1-12-7-13(2)23-16(9-19-17(23)20-12)11-21-5-6-22(14-3-4-14)15(8-18)10-21/h7,9,14-15H,3-6,10-11H2,1-2H3. The monoisotopic (exact) mass is 310 g/mol. The second-order valence-electron chi connectivity index (χ2n) is 6.77. The number of hydrogen-bond acceptors (Lipinski definition) is 5. The van der Waals surface area contributed by atoms with E-state index in [2.05, 4.69) is 43.2 Å². The van der Waals surface area contributed by atoms with Gasteiger partial charge >= 0.3 is 0 Å². The molecule has 1 aliphatic heterocycles. The van der Waals surface area contributed by atoms with Crippen LogP contribution in [-0.2, 0) is 6.54 Å². The highest BCUT2D eigenvalue weighted by Crippen LogP contribution is 2.30. The number of aryl methyl sites for hydroxylation is 2. The van der Waals surface area contributed by atoms with Crippen molar-refractivity contribution in [2.45, 2.75) is 45.3 Å². The molecule has 0 bridgehead atoms. The van der Waals surface area contributed by atoms with Gasteiger partial charge in [-0.25, -0.2) is 9.97 Å². The molecule has 0 radical (unpaired) electrons. The van der Waals surface area contributed by atoms with E-state index in [9.17, 15) is 5.26 Å². The maximum absolute atomic E-state index is 9.48. The van der Waals surface area contributed by atoms with Gasteiger partial charge in [0.1, 0.15) is 6.04 Å². The van der Waals surface area contributed by atoms with Gasteiger partial charge in [0.15, 0.2) is 0 Å². The van der Waals surface area contributed by atoms with Crippen LogP contribution in [-0.4, -0.2) is 55.9 Å². The molecule has 120 valence electrons. The van der Waals surface area contributed by atoms with Gasteiger partial charge in [0.25, 0.3) is 0 Å². The Morgan fingerprint density at radius 2 is 2.13 bits per heavy atom. The van der Waals surface area contributed by atoms with Gasteiger partial charge in [-0.05, 0) is 32.8 Å². The first kappa shape index (κ1) is 14.6. The topological polar surface area (TPSA) is 60.5 Å². The van der Waals surface area contributed by atoms with Crippen LogP contribution in [0.25, 0.3) is 5.78 Å². The highest BCUT2D eigenvalue weighted by molar-refractivity contribution is 5.35. The van der Waals surface area contributed by atoms with E-state index in [1.165, 1.54) is 12.8 Å². The number of nitrogens with zero attached hydrogens (tertiary/aromatic N) is 6. The van der Waals surface area contributed by atoms with Gasteiger partial charge < -0.3 is 0 Å². The van der Waals surface area contributed by atoms with Crippen molar-refractivity contribution in [1.82, 2.24) is 24.2 Å². The molecule has 2 aromatic heterocycles. The predicted octanol–water partition coefficient (Wildman–Crippen LogP) is 1.52. The average molecular weight is 310 g/mol. The molecule has 1 aliphatic carbocycles. The molecule has 1 saturated carbocycles. The minimum Gasteiger partial charge on any atom is -0.294 e. The summed E-state index contributed by atoms with van der Waals surface area (Å²) in [6, 6.07) is 5.26. The van der Waals surface area contributed by atoms with Gasteiger partial charge in [-0.2, -0.15) is 5.26 Å². The van der Waals surface area contributed by atoms with Crippen LogP contribution in [0.1, 0.15) is 29.9 Å². The molecule has 2 aliphatic rings. The number of nitriles is 1. The first-order chi connectivity index (χ1) is 11.2. The molecular weight excluding hydrogens is 288 g/mol. The molecule has 2 fully saturated rings. The molecule has 2 aromatic rings. The maximum atomic E-state index is 9.48. The van der Waals surface area contributed by atoms with Crippen molar-refractivity contribution in [2.75, 3.05) is 19.6 Å². The van der Waals surface area contributed by atoms with Gasteiger partial charge in [0.2, 0.25) is 5.78 Å². The van der Waals surface area contributed by atoms with Crippen LogP contribution in [0.4, 0.5) is 0 Å².